The molecule has 1 N–H and O–H groups in total. The molecule has 0 unspecified atom stereocenters. The molecule has 1 rings (SSSR count). The van der Waals surface area contributed by atoms with Crippen LogP contribution in [0.4, 0.5) is 0 Å². The Morgan fingerprint density at radius 2 is 1.84 bits per heavy atom. The molecule has 0 radical (unpaired) electrons. The highest BCUT2D eigenvalue weighted by Crippen LogP contribution is 2.32. The second kappa shape index (κ2) is 7.34. The van der Waals surface area contributed by atoms with E-state index in [0.717, 1.165) is 6.54 Å². The number of benzene rings is 1. The highest BCUT2D eigenvalue weighted by Gasteiger charge is 2.17. The number of hydrogen-bond acceptors (Lipinski definition) is 3. The van der Waals surface area contributed by atoms with Gasteiger partial charge in [0.05, 0.1) is 15.6 Å². The van der Waals surface area contributed by atoms with Gasteiger partial charge in [-0.3, -0.25) is 4.90 Å². The standard InChI is InChI=1S/C14H21Cl2NO2/c1-4-17(10-14(2,3)18)8-9-19-13-11(15)6-5-7-12(13)16/h5-7,18H,4,8-10H2,1-3H3. The van der Waals surface area contributed by atoms with E-state index in [9.17, 15) is 5.11 Å². The summed E-state index contributed by atoms with van der Waals surface area (Å²) in [6.45, 7) is 8.28. The molecule has 0 bridgehead atoms. The highest BCUT2D eigenvalue weighted by molar-refractivity contribution is 6.37. The van der Waals surface area contributed by atoms with Crippen molar-refractivity contribution in [3.05, 3.63) is 28.2 Å². The maximum absolute atomic E-state index is 9.80. The van der Waals surface area contributed by atoms with Gasteiger partial charge in [0.15, 0.2) is 5.75 Å². The molecule has 0 saturated heterocycles. The Balaban J connectivity index is 2.49. The van der Waals surface area contributed by atoms with Crippen molar-refractivity contribution in [2.45, 2.75) is 26.4 Å². The molecular weight excluding hydrogens is 285 g/mol. The van der Waals surface area contributed by atoms with Gasteiger partial charge in [0.25, 0.3) is 0 Å². The number of ether oxygens (including phenoxy) is 1. The van der Waals surface area contributed by atoms with E-state index in [1.165, 1.54) is 0 Å². The first-order chi connectivity index (χ1) is 8.83. The van der Waals surface area contributed by atoms with Crippen molar-refractivity contribution in [2.75, 3.05) is 26.2 Å². The second-order valence-corrected chi connectivity index (χ2v) is 5.89. The van der Waals surface area contributed by atoms with Gasteiger partial charge in [-0.15, -0.1) is 0 Å². The summed E-state index contributed by atoms with van der Waals surface area (Å²) in [5, 5.41) is 10.8. The first-order valence-electron chi connectivity index (χ1n) is 6.35. The molecular formula is C14H21Cl2NO2. The van der Waals surface area contributed by atoms with Crippen LogP contribution in [0.3, 0.4) is 0 Å². The molecule has 1 aromatic carbocycles. The molecule has 1 aromatic rings. The molecule has 108 valence electrons. The van der Waals surface area contributed by atoms with Crippen LogP contribution in [0.1, 0.15) is 20.8 Å². The van der Waals surface area contributed by atoms with Crippen molar-refractivity contribution in [3.63, 3.8) is 0 Å². The second-order valence-electron chi connectivity index (χ2n) is 5.08. The van der Waals surface area contributed by atoms with Crippen LogP contribution >= 0.6 is 23.2 Å². The average molecular weight is 306 g/mol. The molecule has 0 heterocycles. The van der Waals surface area contributed by atoms with E-state index >= 15 is 0 Å². The number of nitrogens with zero attached hydrogens (tertiary/aromatic N) is 1. The number of halogens is 2. The Kier molecular flexibility index (Phi) is 6.40. The van der Waals surface area contributed by atoms with Gasteiger partial charge in [0.1, 0.15) is 6.61 Å². The predicted molar refractivity (Wildman–Crippen MR) is 80.4 cm³/mol. The van der Waals surface area contributed by atoms with Gasteiger partial charge in [-0.1, -0.05) is 36.2 Å². The number of hydrogen-bond donors (Lipinski definition) is 1. The van der Waals surface area contributed by atoms with E-state index < -0.39 is 5.60 Å². The van der Waals surface area contributed by atoms with Crippen molar-refractivity contribution in [3.8, 4) is 5.75 Å². The highest BCUT2D eigenvalue weighted by atomic mass is 35.5. The summed E-state index contributed by atoms with van der Waals surface area (Å²) in [6.07, 6.45) is 0. The van der Waals surface area contributed by atoms with Crippen LogP contribution in [-0.4, -0.2) is 41.8 Å². The Morgan fingerprint density at radius 1 is 1.26 bits per heavy atom. The van der Waals surface area contributed by atoms with Crippen molar-refractivity contribution in [2.24, 2.45) is 0 Å². The summed E-state index contributed by atoms with van der Waals surface area (Å²) < 4.78 is 5.63. The maximum atomic E-state index is 9.80. The van der Waals surface area contributed by atoms with Crippen LogP contribution in [0, 0.1) is 0 Å². The van der Waals surface area contributed by atoms with Gasteiger partial charge in [0, 0.05) is 13.1 Å². The first-order valence-corrected chi connectivity index (χ1v) is 7.10. The molecule has 0 spiro atoms. The topological polar surface area (TPSA) is 32.7 Å². The van der Waals surface area contributed by atoms with Crippen LogP contribution in [0.2, 0.25) is 10.0 Å². The summed E-state index contributed by atoms with van der Waals surface area (Å²) in [4.78, 5) is 2.12. The number of likely N-dealkylation sites (N-methyl/N-ethyl adjacent to an activating group) is 1. The Labute approximate surface area is 125 Å². The average Bonchev–Trinajstić information content (AvgIpc) is 2.30. The molecule has 3 nitrogen and oxygen atoms in total. The third-order valence-electron chi connectivity index (χ3n) is 2.63. The van der Waals surface area contributed by atoms with Crippen LogP contribution in [0.5, 0.6) is 5.75 Å². The first kappa shape index (κ1) is 16.6. The minimum absolute atomic E-state index is 0.480. The largest absolute Gasteiger partial charge is 0.489 e. The number of para-hydroxylation sites is 1. The van der Waals surface area contributed by atoms with Gasteiger partial charge in [0.2, 0.25) is 0 Å². The zero-order valence-corrected chi connectivity index (χ0v) is 13.1. The Bertz CT molecular complexity index is 385. The monoisotopic (exact) mass is 305 g/mol. The molecule has 19 heavy (non-hydrogen) atoms. The van der Waals surface area contributed by atoms with Crippen molar-refractivity contribution in [1.29, 1.82) is 0 Å². The van der Waals surface area contributed by atoms with E-state index in [2.05, 4.69) is 4.90 Å². The molecule has 5 heteroatoms. The van der Waals surface area contributed by atoms with Crippen molar-refractivity contribution < 1.29 is 9.84 Å². The summed E-state index contributed by atoms with van der Waals surface area (Å²) in [7, 11) is 0. The maximum Gasteiger partial charge on any atom is 0.156 e. The van der Waals surface area contributed by atoms with E-state index in [4.69, 9.17) is 27.9 Å². The summed E-state index contributed by atoms with van der Waals surface area (Å²) in [5.74, 6) is 0.519. The van der Waals surface area contributed by atoms with Crippen molar-refractivity contribution >= 4 is 23.2 Å². The van der Waals surface area contributed by atoms with Crippen LogP contribution in [-0.2, 0) is 0 Å². The lowest BCUT2D eigenvalue weighted by Crippen LogP contribution is -2.40. The molecule has 0 atom stereocenters. The molecule has 0 amide bonds. The SMILES string of the molecule is CCN(CCOc1c(Cl)cccc1Cl)CC(C)(C)O. The van der Waals surface area contributed by atoms with Crippen LogP contribution in [0.15, 0.2) is 18.2 Å². The molecule has 0 aromatic heterocycles. The lowest BCUT2D eigenvalue weighted by atomic mass is 10.1. The minimum atomic E-state index is -0.710. The molecule has 0 aliphatic heterocycles. The molecule has 0 saturated carbocycles. The third kappa shape index (κ3) is 6.00. The van der Waals surface area contributed by atoms with Crippen molar-refractivity contribution in [1.82, 2.24) is 4.90 Å². The van der Waals surface area contributed by atoms with E-state index in [-0.39, 0.29) is 0 Å². The minimum Gasteiger partial charge on any atom is -0.489 e. The van der Waals surface area contributed by atoms with Gasteiger partial charge < -0.3 is 9.84 Å². The van der Waals surface area contributed by atoms with Crippen LogP contribution < -0.4 is 4.74 Å². The number of aliphatic hydroxyl groups is 1. The Hall–Kier alpha value is -0.480. The van der Waals surface area contributed by atoms with Gasteiger partial charge in [-0.05, 0) is 32.5 Å². The zero-order chi connectivity index (χ0) is 14.5. The summed E-state index contributed by atoms with van der Waals surface area (Å²) in [6, 6.07) is 5.28. The van der Waals surface area contributed by atoms with Gasteiger partial charge in [-0.25, -0.2) is 0 Å². The zero-order valence-electron chi connectivity index (χ0n) is 11.6. The van der Waals surface area contributed by atoms with E-state index in [1.807, 2.05) is 6.92 Å². The quantitative estimate of drug-likeness (QED) is 0.837. The van der Waals surface area contributed by atoms with Crippen LogP contribution in [0.25, 0.3) is 0 Å². The smallest absolute Gasteiger partial charge is 0.156 e. The molecule has 0 aliphatic rings. The fourth-order valence-corrected chi connectivity index (χ4v) is 2.30. The number of rotatable bonds is 7. The summed E-state index contributed by atoms with van der Waals surface area (Å²) in [5.41, 5.74) is -0.710. The molecule has 0 fully saturated rings. The fourth-order valence-electron chi connectivity index (χ4n) is 1.79. The lowest BCUT2D eigenvalue weighted by molar-refractivity contribution is 0.0340. The Morgan fingerprint density at radius 3 is 2.32 bits per heavy atom. The lowest BCUT2D eigenvalue weighted by Gasteiger charge is -2.27. The van der Waals surface area contributed by atoms with E-state index in [1.54, 1.807) is 32.0 Å². The van der Waals surface area contributed by atoms with Gasteiger partial charge >= 0.3 is 0 Å². The fraction of sp³-hybridized carbons (Fsp3) is 0.571. The third-order valence-corrected chi connectivity index (χ3v) is 3.23. The summed E-state index contributed by atoms with van der Waals surface area (Å²) >= 11 is 12.0. The van der Waals surface area contributed by atoms with E-state index in [0.29, 0.717) is 35.5 Å². The molecule has 0 aliphatic carbocycles. The predicted octanol–water partition coefficient (Wildman–Crippen LogP) is 3.47. The van der Waals surface area contributed by atoms with Gasteiger partial charge in [-0.2, -0.15) is 0 Å². The normalized spacial score (nSPS) is 11.9.